The van der Waals surface area contributed by atoms with Crippen molar-refractivity contribution < 1.29 is 9.13 Å². The number of halogens is 1. The zero-order valence-electron chi connectivity index (χ0n) is 11.7. The van der Waals surface area contributed by atoms with E-state index in [1.165, 1.54) is 26.0 Å². The van der Waals surface area contributed by atoms with Crippen LogP contribution in [0.4, 0.5) is 15.8 Å². The number of nitrogens with two attached hydrogens (primary N) is 1. The van der Waals surface area contributed by atoms with Gasteiger partial charge in [-0.2, -0.15) is 0 Å². The average molecular weight is 267 g/mol. The molecule has 1 aromatic rings. The molecule has 106 valence electrons. The highest BCUT2D eigenvalue weighted by atomic mass is 19.1. The third-order valence-corrected chi connectivity index (χ3v) is 3.66. The Hall–Kier alpha value is -1.49. The van der Waals surface area contributed by atoms with Crippen molar-refractivity contribution in [2.45, 2.75) is 12.8 Å². The lowest BCUT2D eigenvalue weighted by Crippen LogP contribution is -2.31. The highest BCUT2D eigenvalue weighted by molar-refractivity contribution is 5.63. The largest absolute Gasteiger partial charge is 0.495 e. The number of likely N-dealkylation sites (tertiary alicyclic amines) is 1. The zero-order chi connectivity index (χ0) is 13.8. The van der Waals surface area contributed by atoms with Crippen LogP contribution in [0.2, 0.25) is 0 Å². The van der Waals surface area contributed by atoms with Crippen molar-refractivity contribution in [2.75, 3.05) is 51.0 Å². The van der Waals surface area contributed by atoms with Gasteiger partial charge in [-0.3, -0.25) is 0 Å². The van der Waals surface area contributed by atoms with E-state index in [2.05, 4.69) is 4.90 Å². The van der Waals surface area contributed by atoms with Crippen molar-refractivity contribution in [1.29, 1.82) is 0 Å². The van der Waals surface area contributed by atoms with E-state index in [9.17, 15) is 4.39 Å². The Balaban J connectivity index is 2.02. The maximum Gasteiger partial charge on any atom is 0.148 e. The van der Waals surface area contributed by atoms with Gasteiger partial charge in [-0.15, -0.1) is 0 Å². The molecule has 1 aliphatic heterocycles. The molecule has 1 saturated heterocycles. The molecule has 4 nitrogen and oxygen atoms in total. The Labute approximate surface area is 113 Å². The summed E-state index contributed by atoms with van der Waals surface area (Å²) in [5.41, 5.74) is 6.55. The number of methoxy groups -OCH3 is 1. The minimum absolute atomic E-state index is 0.303. The van der Waals surface area contributed by atoms with Crippen LogP contribution in [0.5, 0.6) is 5.75 Å². The molecule has 1 fully saturated rings. The number of ether oxygens (including phenoxy) is 1. The second kappa shape index (κ2) is 6.10. The molecule has 0 bridgehead atoms. The van der Waals surface area contributed by atoms with Gasteiger partial charge in [-0.25, -0.2) is 4.39 Å². The van der Waals surface area contributed by atoms with Gasteiger partial charge >= 0.3 is 0 Å². The Morgan fingerprint density at radius 1 is 1.37 bits per heavy atom. The van der Waals surface area contributed by atoms with E-state index in [1.807, 2.05) is 11.9 Å². The number of likely N-dealkylation sites (N-methyl/N-ethyl adjacent to an activating group) is 1. The standard InChI is InChI=1S/C14H22FN3O/c1-17(7-8-18-5-3-4-6-18)13-10-14(19-2)12(16)9-11(13)15/h9-10H,3-8,16H2,1-2H3. The van der Waals surface area contributed by atoms with Gasteiger partial charge in [-0.1, -0.05) is 0 Å². The van der Waals surface area contributed by atoms with E-state index in [1.54, 1.807) is 6.07 Å². The summed E-state index contributed by atoms with van der Waals surface area (Å²) in [5.74, 6) is 0.214. The van der Waals surface area contributed by atoms with E-state index in [0.29, 0.717) is 17.1 Å². The number of nitrogens with zero attached hydrogens (tertiary/aromatic N) is 2. The molecule has 19 heavy (non-hydrogen) atoms. The van der Waals surface area contributed by atoms with Crippen molar-refractivity contribution in [3.63, 3.8) is 0 Å². The van der Waals surface area contributed by atoms with Gasteiger partial charge in [0.2, 0.25) is 0 Å². The fourth-order valence-electron chi connectivity index (χ4n) is 2.45. The van der Waals surface area contributed by atoms with Gasteiger partial charge in [0.25, 0.3) is 0 Å². The number of nitrogen functional groups attached to an aromatic ring is 1. The summed E-state index contributed by atoms with van der Waals surface area (Å²) in [7, 11) is 3.43. The van der Waals surface area contributed by atoms with Crippen LogP contribution in [0.3, 0.4) is 0 Å². The normalized spacial score (nSPS) is 15.7. The van der Waals surface area contributed by atoms with Crippen LogP contribution in [0.1, 0.15) is 12.8 Å². The van der Waals surface area contributed by atoms with Crippen LogP contribution in [-0.4, -0.2) is 45.2 Å². The van der Waals surface area contributed by atoms with Crippen LogP contribution in [0.25, 0.3) is 0 Å². The van der Waals surface area contributed by atoms with Gasteiger partial charge in [0.1, 0.15) is 11.6 Å². The molecule has 0 saturated carbocycles. The van der Waals surface area contributed by atoms with Gasteiger partial charge in [-0.05, 0) is 25.9 Å². The van der Waals surface area contributed by atoms with Crippen LogP contribution in [-0.2, 0) is 0 Å². The van der Waals surface area contributed by atoms with E-state index in [0.717, 1.165) is 26.2 Å². The molecule has 0 amide bonds. The molecule has 2 N–H and O–H groups in total. The maximum atomic E-state index is 13.9. The molecule has 0 radical (unpaired) electrons. The first kappa shape index (κ1) is 13.9. The quantitative estimate of drug-likeness (QED) is 0.828. The molecule has 0 unspecified atom stereocenters. The van der Waals surface area contributed by atoms with E-state index in [-0.39, 0.29) is 5.82 Å². The summed E-state index contributed by atoms with van der Waals surface area (Å²) in [5, 5.41) is 0. The number of benzene rings is 1. The molecule has 2 rings (SSSR count). The first-order valence-corrected chi connectivity index (χ1v) is 6.68. The maximum absolute atomic E-state index is 13.9. The summed E-state index contributed by atoms with van der Waals surface area (Å²) in [6.07, 6.45) is 2.54. The minimum atomic E-state index is -0.303. The van der Waals surface area contributed by atoms with Crippen LogP contribution in [0, 0.1) is 5.82 Å². The summed E-state index contributed by atoms with van der Waals surface area (Å²) in [6.45, 7) is 4.06. The molecule has 0 aromatic heterocycles. The monoisotopic (exact) mass is 267 g/mol. The molecule has 1 aliphatic rings. The Kier molecular flexibility index (Phi) is 4.47. The van der Waals surface area contributed by atoms with Crippen molar-refractivity contribution >= 4 is 11.4 Å². The third-order valence-electron chi connectivity index (χ3n) is 3.66. The van der Waals surface area contributed by atoms with E-state index in [4.69, 9.17) is 10.5 Å². The second-order valence-electron chi connectivity index (χ2n) is 5.02. The fraction of sp³-hybridized carbons (Fsp3) is 0.571. The number of anilines is 2. The number of rotatable bonds is 5. The summed E-state index contributed by atoms with van der Waals surface area (Å²) >= 11 is 0. The smallest absolute Gasteiger partial charge is 0.148 e. The van der Waals surface area contributed by atoms with Crippen molar-refractivity contribution in [3.8, 4) is 5.75 Å². The van der Waals surface area contributed by atoms with Gasteiger partial charge in [0.15, 0.2) is 0 Å². The van der Waals surface area contributed by atoms with E-state index >= 15 is 0 Å². The predicted octanol–water partition coefficient (Wildman–Crippen LogP) is 1.95. The zero-order valence-corrected chi connectivity index (χ0v) is 11.7. The lowest BCUT2D eigenvalue weighted by Gasteiger charge is -2.24. The Bertz CT molecular complexity index is 433. The van der Waals surface area contributed by atoms with Crippen molar-refractivity contribution in [1.82, 2.24) is 4.90 Å². The molecular formula is C14H22FN3O. The first-order chi connectivity index (χ1) is 9.11. The van der Waals surface area contributed by atoms with Crippen LogP contribution in [0.15, 0.2) is 12.1 Å². The fourth-order valence-corrected chi connectivity index (χ4v) is 2.45. The lowest BCUT2D eigenvalue weighted by molar-refractivity contribution is 0.346. The highest BCUT2D eigenvalue weighted by Gasteiger charge is 2.15. The average Bonchev–Trinajstić information content (AvgIpc) is 2.89. The minimum Gasteiger partial charge on any atom is -0.495 e. The van der Waals surface area contributed by atoms with Crippen molar-refractivity contribution in [3.05, 3.63) is 17.9 Å². The van der Waals surface area contributed by atoms with Crippen LogP contribution >= 0.6 is 0 Å². The lowest BCUT2D eigenvalue weighted by atomic mass is 10.2. The molecular weight excluding hydrogens is 245 g/mol. The topological polar surface area (TPSA) is 41.7 Å². The molecule has 1 heterocycles. The third kappa shape index (κ3) is 3.29. The number of hydrogen-bond acceptors (Lipinski definition) is 4. The SMILES string of the molecule is COc1cc(N(C)CCN2CCCC2)c(F)cc1N. The van der Waals surface area contributed by atoms with Gasteiger partial charge in [0.05, 0.1) is 18.5 Å². The molecule has 0 aliphatic carbocycles. The van der Waals surface area contributed by atoms with Gasteiger partial charge < -0.3 is 20.3 Å². The second-order valence-corrected chi connectivity index (χ2v) is 5.02. The van der Waals surface area contributed by atoms with Gasteiger partial charge in [0, 0.05) is 32.3 Å². The Morgan fingerprint density at radius 3 is 2.68 bits per heavy atom. The summed E-state index contributed by atoms with van der Waals surface area (Å²) in [4.78, 5) is 4.32. The first-order valence-electron chi connectivity index (χ1n) is 6.68. The highest BCUT2D eigenvalue weighted by Crippen LogP contribution is 2.30. The van der Waals surface area contributed by atoms with Crippen molar-refractivity contribution in [2.24, 2.45) is 0 Å². The summed E-state index contributed by atoms with van der Waals surface area (Å²) in [6, 6.07) is 2.98. The molecule has 1 aromatic carbocycles. The predicted molar refractivity (Wildman–Crippen MR) is 76.3 cm³/mol. The molecule has 0 atom stereocenters. The van der Waals surface area contributed by atoms with E-state index < -0.39 is 0 Å². The van der Waals surface area contributed by atoms with Crippen LogP contribution < -0.4 is 15.4 Å². The summed E-state index contributed by atoms with van der Waals surface area (Å²) < 4.78 is 19.1. The Morgan fingerprint density at radius 2 is 2.05 bits per heavy atom. The number of hydrogen-bond donors (Lipinski definition) is 1. The molecule has 0 spiro atoms. The molecule has 5 heteroatoms.